The zero-order chi connectivity index (χ0) is 16.2. The second kappa shape index (κ2) is 7.02. The van der Waals surface area contributed by atoms with E-state index in [0.29, 0.717) is 15.9 Å². The first-order valence-corrected chi connectivity index (χ1v) is 8.34. The topological polar surface area (TPSA) is 52.8 Å². The standard InChI is InChI=1S/C16H15ClN4OS/c1-11-6-7-15(22-2)12(8-11)10-23-16-18-19-20-21(16)14-5-3-4-13(17)9-14/h3-9H,10H2,1-2H3. The molecule has 0 aliphatic heterocycles. The lowest BCUT2D eigenvalue weighted by atomic mass is 10.1. The van der Waals surface area contributed by atoms with E-state index in [2.05, 4.69) is 28.5 Å². The Morgan fingerprint density at radius 3 is 2.87 bits per heavy atom. The number of hydrogen-bond acceptors (Lipinski definition) is 5. The molecule has 0 unspecified atom stereocenters. The minimum absolute atomic E-state index is 0.648. The van der Waals surface area contributed by atoms with Gasteiger partial charge in [-0.2, -0.15) is 4.68 Å². The fourth-order valence-electron chi connectivity index (χ4n) is 2.20. The van der Waals surface area contributed by atoms with Crippen LogP contribution in [-0.2, 0) is 5.75 Å². The highest BCUT2D eigenvalue weighted by Gasteiger charge is 2.11. The van der Waals surface area contributed by atoms with Crippen LogP contribution in [0.25, 0.3) is 5.69 Å². The van der Waals surface area contributed by atoms with E-state index in [1.165, 1.54) is 5.56 Å². The van der Waals surface area contributed by atoms with Crippen molar-refractivity contribution < 1.29 is 4.74 Å². The fraction of sp³-hybridized carbons (Fsp3) is 0.188. The van der Waals surface area contributed by atoms with Crippen molar-refractivity contribution >= 4 is 23.4 Å². The van der Waals surface area contributed by atoms with E-state index in [-0.39, 0.29) is 0 Å². The molecule has 0 aliphatic carbocycles. The summed E-state index contributed by atoms with van der Waals surface area (Å²) in [6.45, 7) is 2.06. The summed E-state index contributed by atoms with van der Waals surface area (Å²) in [5.74, 6) is 1.58. The third-order valence-electron chi connectivity index (χ3n) is 3.29. The average Bonchev–Trinajstić information content (AvgIpc) is 3.01. The van der Waals surface area contributed by atoms with Crippen molar-refractivity contribution in [1.29, 1.82) is 0 Å². The van der Waals surface area contributed by atoms with E-state index in [1.807, 2.05) is 36.4 Å². The van der Waals surface area contributed by atoms with Crippen molar-refractivity contribution in [2.45, 2.75) is 17.8 Å². The second-order valence-electron chi connectivity index (χ2n) is 4.96. The van der Waals surface area contributed by atoms with Gasteiger partial charge in [0.1, 0.15) is 5.75 Å². The summed E-state index contributed by atoms with van der Waals surface area (Å²) >= 11 is 7.59. The predicted octanol–water partition coefficient (Wildman–Crippen LogP) is 3.93. The molecule has 1 heterocycles. The minimum atomic E-state index is 0.648. The number of halogens is 1. The molecule has 5 nitrogen and oxygen atoms in total. The zero-order valence-corrected chi connectivity index (χ0v) is 14.3. The summed E-state index contributed by atoms with van der Waals surface area (Å²) in [6.07, 6.45) is 0. The summed E-state index contributed by atoms with van der Waals surface area (Å²) in [5.41, 5.74) is 3.13. The summed E-state index contributed by atoms with van der Waals surface area (Å²) in [5, 5.41) is 13.3. The van der Waals surface area contributed by atoms with Gasteiger partial charge in [0.2, 0.25) is 5.16 Å². The molecule has 23 heavy (non-hydrogen) atoms. The molecule has 7 heteroatoms. The van der Waals surface area contributed by atoms with Crippen molar-refractivity contribution in [3.63, 3.8) is 0 Å². The summed E-state index contributed by atoms with van der Waals surface area (Å²) in [7, 11) is 1.68. The van der Waals surface area contributed by atoms with E-state index < -0.39 is 0 Å². The van der Waals surface area contributed by atoms with Gasteiger partial charge in [-0.15, -0.1) is 5.10 Å². The Bertz CT molecular complexity index is 821. The smallest absolute Gasteiger partial charge is 0.214 e. The lowest BCUT2D eigenvalue weighted by molar-refractivity contribution is 0.411. The van der Waals surface area contributed by atoms with Gasteiger partial charge in [0.25, 0.3) is 0 Å². The lowest BCUT2D eigenvalue weighted by Gasteiger charge is -2.09. The van der Waals surface area contributed by atoms with Crippen LogP contribution in [0.15, 0.2) is 47.6 Å². The van der Waals surface area contributed by atoms with Crippen LogP contribution in [0.2, 0.25) is 5.02 Å². The van der Waals surface area contributed by atoms with Gasteiger partial charge >= 0.3 is 0 Å². The molecule has 2 aromatic carbocycles. The third-order valence-corrected chi connectivity index (χ3v) is 4.49. The molecule has 0 bridgehead atoms. The van der Waals surface area contributed by atoms with Gasteiger partial charge in [-0.25, -0.2) is 0 Å². The number of aromatic nitrogens is 4. The van der Waals surface area contributed by atoms with E-state index in [0.717, 1.165) is 17.0 Å². The molecule has 0 saturated heterocycles. The number of hydrogen-bond donors (Lipinski definition) is 0. The van der Waals surface area contributed by atoms with E-state index in [1.54, 1.807) is 23.6 Å². The van der Waals surface area contributed by atoms with Crippen LogP contribution >= 0.6 is 23.4 Å². The Kier molecular flexibility index (Phi) is 4.83. The first-order valence-electron chi connectivity index (χ1n) is 6.98. The number of rotatable bonds is 5. The lowest BCUT2D eigenvalue weighted by Crippen LogP contribution is -1.99. The number of benzene rings is 2. The molecule has 0 aliphatic rings. The third kappa shape index (κ3) is 3.65. The SMILES string of the molecule is COc1ccc(C)cc1CSc1nnnn1-c1cccc(Cl)c1. The monoisotopic (exact) mass is 346 g/mol. The Morgan fingerprint density at radius 2 is 2.09 bits per heavy atom. The van der Waals surface area contributed by atoms with Crippen LogP contribution in [0.3, 0.4) is 0 Å². The predicted molar refractivity (Wildman–Crippen MR) is 91.5 cm³/mol. The summed E-state index contributed by atoms with van der Waals surface area (Å²) in [4.78, 5) is 0. The Hall–Kier alpha value is -2.05. The number of methoxy groups -OCH3 is 1. The van der Waals surface area contributed by atoms with Gasteiger partial charge in [0.15, 0.2) is 0 Å². The van der Waals surface area contributed by atoms with Gasteiger partial charge in [0, 0.05) is 16.3 Å². The van der Waals surface area contributed by atoms with Crippen LogP contribution in [0.1, 0.15) is 11.1 Å². The number of ether oxygens (including phenoxy) is 1. The van der Waals surface area contributed by atoms with Gasteiger partial charge in [-0.1, -0.05) is 47.1 Å². The van der Waals surface area contributed by atoms with Crippen molar-refractivity contribution in [1.82, 2.24) is 20.2 Å². The highest BCUT2D eigenvalue weighted by molar-refractivity contribution is 7.98. The molecule has 118 valence electrons. The first-order chi connectivity index (χ1) is 11.2. The van der Waals surface area contributed by atoms with Crippen molar-refractivity contribution in [2.24, 2.45) is 0 Å². The Balaban J connectivity index is 1.83. The maximum atomic E-state index is 6.04. The molecule has 0 saturated carbocycles. The average molecular weight is 347 g/mol. The maximum Gasteiger partial charge on any atom is 0.214 e. The van der Waals surface area contributed by atoms with Crippen LogP contribution in [0, 0.1) is 6.92 Å². The van der Waals surface area contributed by atoms with Crippen LogP contribution in [0.5, 0.6) is 5.75 Å². The molecule has 0 amide bonds. The van der Waals surface area contributed by atoms with E-state index in [4.69, 9.17) is 16.3 Å². The van der Waals surface area contributed by atoms with Crippen molar-refractivity contribution in [3.05, 3.63) is 58.6 Å². The first kappa shape index (κ1) is 15.8. The quantitative estimate of drug-likeness (QED) is 0.655. The minimum Gasteiger partial charge on any atom is -0.496 e. The molecule has 1 aromatic heterocycles. The van der Waals surface area contributed by atoms with Crippen LogP contribution in [0.4, 0.5) is 0 Å². The molecule has 3 aromatic rings. The molecular weight excluding hydrogens is 332 g/mol. The van der Waals surface area contributed by atoms with E-state index >= 15 is 0 Å². The van der Waals surface area contributed by atoms with Gasteiger partial charge < -0.3 is 4.74 Å². The molecule has 0 atom stereocenters. The van der Waals surface area contributed by atoms with Gasteiger partial charge in [-0.05, 0) is 41.6 Å². The Labute approximate surface area is 143 Å². The molecule has 0 radical (unpaired) electrons. The van der Waals surface area contributed by atoms with Crippen LogP contribution < -0.4 is 4.74 Å². The maximum absolute atomic E-state index is 6.04. The summed E-state index contributed by atoms with van der Waals surface area (Å²) < 4.78 is 7.09. The number of tetrazole rings is 1. The molecule has 0 fully saturated rings. The van der Waals surface area contributed by atoms with Crippen LogP contribution in [-0.4, -0.2) is 27.3 Å². The molecule has 3 rings (SSSR count). The van der Waals surface area contributed by atoms with Crippen molar-refractivity contribution in [3.8, 4) is 11.4 Å². The van der Waals surface area contributed by atoms with E-state index in [9.17, 15) is 0 Å². The zero-order valence-electron chi connectivity index (χ0n) is 12.7. The number of nitrogens with zero attached hydrogens (tertiary/aromatic N) is 4. The number of thioether (sulfide) groups is 1. The van der Waals surface area contributed by atoms with Crippen molar-refractivity contribution in [2.75, 3.05) is 7.11 Å². The second-order valence-corrected chi connectivity index (χ2v) is 6.34. The highest BCUT2D eigenvalue weighted by Crippen LogP contribution is 2.28. The highest BCUT2D eigenvalue weighted by atomic mass is 35.5. The molecular formula is C16H15ClN4OS. The van der Waals surface area contributed by atoms with Gasteiger partial charge in [-0.3, -0.25) is 0 Å². The largest absolute Gasteiger partial charge is 0.496 e. The molecule has 0 spiro atoms. The normalized spacial score (nSPS) is 10.7. The number of aryl methyl sites for hydroxylation is 1. The van der Waals surface area contributed by atoms with Gasteiger partial charge in [0.05, 0.1) is 12.8 Å². The molecule has 0 N–H and O–H groups in total. The fourth-order valence-corrected chi connectivity index (χ4v) is 3.25. The Morgan fingerprint density at radius 1 is 1.22 bits per heavy atom. The summed E-state index contributed by atoms with van der Waals surface area (Å²) in [6, 6.07) is 13.6.